The van der Waals surface area contributed by atoms with Crippen molar-refractivity contribution in [1.29, 1.82) is 0 Å². The number of sulfonamides is 1. The SMILES string of the molecule is COCC1CCN(S(=O)(=O)c2ccc(CCl)c(Cl)c2)C1. The first kappa shape index (κ1) is 16.0. The van der Waals surface area contributed by atoms with Gasteiger partial charge in [0, 0.05) is 31.1 Å². The zero-order valence-electron chi connectivity index (χ0n) is 11.2. The molecule has 0 aromatic heterocycles. The van der Waals surface area contributed by atoms with Gasteiger partial charge >= 0.3 is 0 Å². The van der Waals surface area contributed by atoms with Crippen molar-refractivity contribution in [3.63, 3.8) is 0 Å². The Morgan fingerprint density at radius 1 is 1.45 bits per heavy atom. The molecule has 0 amide bonds. The van der Waals surface area contributed by atoms with E-state index in [2.05, 4.69) is 0 Å². The van der Waals surface area contributed by atoms with Crippen LogP contribution in [0.3, 0.4) is 0 Å². The van der Waals surface area contributed by atoms with Crippen molar-refractivity contribution in [2.45, 2.75) is 17.2 Å². The molecule has 1 aliphatic rings. The van der Waals surface area contributed by atoms with Gasteiger partial charge in [0.25, 0.3) is 0 Å². The average molecular weight is 338 g/mol. The summed E-state index contributed by atoms with van der Waals surface area (Å²) in [5.74, 6) is 0.520. The van der Waals surface area contributed by atoms with Crippen LogP contribution in [0.4, 0.5) is 0 Å². The van der Waals surface area contributed by atoms with Crippen LogP contribution in [-0.2, 0) is 20.6 Å². The van der Waals surface area contributed by atoms with Crippen LogP contribution < -0.4 is 0 Å². The monoisotopic (exact) mass is 337 g/mol. The maximum atomic E-state index is 12.5. The number of methoxy groups -OCH3 is 1. The lowest BCUT2D eigenvalue weighted by molar-refractivity contribution is 0.157. The van der Waals surface area contributed by atoms with E-state index in [1.165, 1.54) is 10.4 Å². The molecule has 1 aromatic carbocycles. The van der Waals surface area contributed by atoms with Gasteiger partial charge in [0.05, 0.1) is 11.5 Å². The Morgan fingerprint density at radius 2 is 2.20 bits per heavy atom. The molecule has 1 aromatic rings. The molecular weight excluding hydrogens is 321 g/mol. The molecule has 7 heteroatoms. The Bertz CT molecular complexity index is 577. The van der Waals surface area contributed by atoms with Gasteiger partial charge in [-0.25, -0.2) is 8.42 Å². The number of hydrogen-bond donors (Lipinski definition) is 0. The Morgan fingerprint density at radius 3 is 2.80 bits per heavy atom. The molecule has 0 bridgehead atoms. The first-order valence-electron chi connectivity index (χ1n) is 6.32. The summed E-state index contributed by atoms with van der Waals surface area (Å²) in [6.45, 7) is 1.59. The molecule has 0 radical (unpaired) electrons. The standard InChI is InChI=1S/C13H17Cl2NO3S/c1-19-9-10-4-5-16(8-10)20(17,18)12-3-2-11(7-14)13(15)6-12/h2-3,6,10H,4-5,7-9H2,1H3. The lowest BCUT2D eigenvalue weighted by Gasteiger charge is -2.17. The van der Waals surface area contributed by atoms with Crippen molar-refractivity contribution < 1.29 is 13.2 Å². The minimum atomic E-state index is -3.49. The van der Waals surface area contributed by atoms with Crippen LogP contribution in [-0.4, -0.2) is 39.5 Å². The highest BCUT2D eigenvalue weighted by Gasteiger charge is 2.32. The molecule has 2 rings (SSSR count). The quantitative estimate of drug-likeness (QED) is 0.776. The Labute approximate surface area is 129 Å². The highest BCUT2D eigenvalue weighted by molar-refractivity contribution is 7.89. The number of alkyl halides is 1. The molecule has 0 spiro atoms. The zero-order chi connectivity index (χ0) is 14.8. The van der Waals surface area contributed by atoms with E-state index in [9.17, 15) is 8.42 Å². The van der Waals surface area contributed by atoms with E-state index in [4.69, 9.17) is 27.9 Å². The van der Waals surface area contributed by atoms with Gasteiger partial charge in [0.15, 0.2) is 0 Å². The molecular formula is C13H17Cl2NO3S. The summed E-state index contributed by atoms with van der Waals surface area (Å²) in [6, 6.07) is 4.69. The van der Waals surface area contributed by atoms with Gasteiger partial charge in [-0.05, 0) is 30.0 Å². The van der Waals surface area contributed by atoms with Gasteiger partial charge in [-0.3, -0.25) is 0 Å². The summed E-state index contributed by atoms with van der Waals surface area (Å²) in [5, 5.41) is 0.383. The fourth-order valence-electron chi connectivity index (χ4n) is 2.33. The normalized spacial score (nSPS) is 20.4. The highest BCUT2D eigenvalue weighted by Crippen LogP contribution is 2.28. The summed E-state index contributed by atoms with van der Waals surface area (Å²) >= 11 is 11.8. The summed E-state index contributed by atoms with van der Waals surface area (Å²) < 4.78 is 31.6. The van der Waals surface area contributed by atoms with Gasteiger partial charge in [0.1, 0.15) is 0 Å². The minimum Gasteiger partial charge on any atom is -0.384 e. The van der Waals surface area contributed by atoms with Crippen LogP contribution in [0.2, 0.25) is 5.02 Å². The van der Waals surface area contributed by atoms with Crippen LogP contribution in [0, 0.1) is 5.92 Å². The Balaban J connectivity index is 2.21. The molecule has 0 N–H and O–H groups in total. The molecule has 1 unspecified atom stereocenters. The van der Waals surface area contributed by atoms with Crippen molar-refractivity contribution in [2.24, 2.45) is 5.92 Å². The number of ether oxygens (including phenoxy) is 1. The van der Waals surface area contributed by atoms with Crippen molar-refractivity contribution >= 4 is 33.2 Å². The predicted octanol–water partition coefficient (Wildman–Crippen LogP) is 2.74. The molecule has 1 fully saturated rings. The topological polar surface area (TPSA) is 46.6 Å². The molecule has 1 aliphatic heterocycles. The van der Waals surface area contributed by atoms with Crippen LogP contribution in [0.1, 0.15) is 12.0 Å². The maximum absolute atomic E-state index is 12.5. The van der Waals surface area contributed by atoms with Crippen LogP contribution in [0.15, 0.2) is 23.1 Å². The first-order chi connectivity index (χ1) is 9.48. The smallest absolute Gasteiger partial charge is 0.243 e. The zero-order valence-corrected chi connectivity index (χ0v) is 13.5. The average Bonchev–Trinajstić information content (AvgIpc) is 2.88. The van der Waals surface area contributed by atoms with Gasteiger partial charge in [0.2, 0.25) is 10.0 Å². The van der Waals surface area contributed by atoms with Crippen LogP contribution in [0.25, 0.3) is 0 Å². The van der Waals surface area contributed by atoms with E-state index in [0.29, 0.717) is 24.7 Å². The first-order valence-corrected chi connectivity index (χ1v) is 8.67. The molecule has 1 heterocycles. The molecule has 112 valence electrons. The molecule has 20 heavy (non-hydrogen) atoms. The number of nitrogens with zero attached hydrogens (tertiary/aromatic N) is 1. The second kappa shape index (κ2) is 6.62. The Kier molecular flexibility index (Phi) is 5.31. The second-order valence-electron chi connectivity index (χ2n) is 4.86. The highest BCUT2D eigenvalue weighted by atomic mass is 35.5. The van der Waals surface area contributed by atoms with Gasteiger partial charge in [-0.1, -0.05) is 17.7 Å². The third-order valence-corrected chi connectivity index (χ3v) is 5.96. The van der Waals surface area contributed by atoms with Crippen LogP contribution >= 0.6 is 23.2 Å². The third kappa shape index (κ3) is 3.28. The van der Waals surface area contributed by atoms with Gasteiger partial charge < -0.3 is 4.74 Å². The number of hydrogen-bond acceptors (Lipinski definition) is 3. The Hall–Kier alpha value is -0.330. The molecule has 4 nitrogen and oxygen atoms in total. The van der Waals surface area contributed by atoms with E-state index >= 15 is 0 Å². The van der Waals surface area contributed by atoms with E-state index in [1.54, 1.807) is 19.2 Å². The number of benzene rings is 1. The summed E-state index contributed by atoms with van der Waals surface area (Å²) in [4.78, 5) is 0.217. The lowest BCUT2D eigenvalue weighted by atomic mass is 10.1. The summed E-state index contributed by atoms with van der Waals surface area (Å²) in [5.41, 5.74) is 0.728. The molecule has 0 saturated carbocycles. The van der Waals surface area contributed by atoms with Crippen molar-refractivity contribution in [2.75, 3.05) is 26.8 Å². The van der Waals surface area contributed by atoms with Crippen molar-refractivity contribution in [1.82, 2.24) is 4.31 Å². The van der Waals surface area contributed by atoms with Crippen LogP contribution in [0.5, 0.6) is 0 Å². The molecule has 1 saturated heterocycles. The molecule has 1 atom stereocenters. The fourth-order valence-corrected chi connectivity index (χ4v) is 4.50. The van der Waals surface area contributed by atoms with Crippen molar-refractivity contribution in [3.8, 4) is 0 Å². The maximum Gasteiger partial charge on any atom is 0.243 e. The summed E-state index contributed by atoms with van der Waals surface area (Å²) in [6.07, 6.45) is 0.820. The predicted molar refractivity (Wildman–Crippen MR) is 79.8 cm³/mol. The van der Waals surface area contributed by atoms with E-state index < -0.39 is 10.0 Å². The largest absolute Gasteiger partial charge is 0.384 e. The second-order valence-corrected chi connectivity index (χ2v) is 7.47. The number of rotatable bonds is 5. The van der Waals surface area contributed by atoms with Crippen molar-refractivity contribution in [3.05, 3.63) is 28.8 Å². The van der Waals surface area contributed by atoms with E-state index in [0.717, 1.165) is 12.0 Å². The third-order valence-electron chi connectivity index (χ3n) is 3.46. The minimum absolute atomic E-state index is 0.217. The lowest BCUT2D eigenvalue weighted by Crippen LogP contribution is -2.29. The van der Waals surface area contributed by atoms with E-state index in [1.807, 2.05) is 0 Å². The summed E-state index contributed by atoms with van der Waals surface area (Å²) in [7, 11) is -1.86. The van der Waals surface area contributed by atoms with Gasteiger partial charge in [-0.15, -0.1) is 11.6 Å². The molecule has 0 aliphatic carbocycles. The van der Waals surface area contributed by atoms with Gasteiger partial charge in [-0.2, -0.15) is 4.31 Å². The fraction of sp³-hybridized carbons (Fsp3) is 0.538. The number of halogens is 2. The van der Waals surface area contributed by atoms with E-state index in [-0.39, 0.29) is 16.7 Å².